The lowest BCUT2D eigenvalue weighted by Crippen LogP contribution is -1.95. The smallest absolute Gasteiger partial charge is 0.142 e. The molecule has 17 heavy (non-hydrogen) atoms. The molecule has 2 rings (SSSR count). The molecule has 1 aromatic heterocycles. The molecule has 0 aliphatic rings. The summed E-state index contributed by atoms with van der Waals surface area (Å²) in [5.74, 6) is 0. The van der Waals surface area contributed by atoms with Gasteiger partial charge in [0.1, 0.15) is 6.61 Å². The highest BCUT2D eigenvalue weighted by Gasteiger charge is 2.00. The zero-order chi connectivity index (χ0) is 12.1. The van der Waals surface area contributed by atoms with Gasteiger partial charge in [0.15, 0.2) is 0 Å². The van der Waals surface area contributed by atoms with Crippen molar-refractivity contribution in [1.29, 1.82) is 0 Å². The monoisotopic (exact) mass is 229 g/mol. The Balaban J connectivity index is 1.93. The summed E-state index contributed by atoms with van der Waals surface area (Å²) in [6.45, 7) is 2.39. The molecule has 0 radical (unpaired) electrons. The van der Waals surface area contributed by atoms with Crippen molar-refractivity contribution in [2.45, 2.75) is 13.5 Å². The summed E-state index contributed by atoms with van der Waals surface area (Å²) >= 11 is 0. The van der Waals surface area contributed by atoms with Gasteiger partial charge in [0.05, 0.1) is 11.9 Å². The minimum absolute atomic E-state index is 0.485. The van der Waals surface area contributed by atoms with Crippen LogP contribution in [0.3, 0.4) is 0 Å². The van der Waals surface area contributed by atoms with Gasteiger partial charge < -0.3 is 4.84 Å². The van der Waals surface area contributed by atoms with Crippen LogP contribution in [0.25, 0.3) is 0 Å². The lowest BCUT2D eigenvalue weighted by atomic mass is 10.2. The molecule has 0 spiro atoms. The van der Waals surface area contributed by atoms with Gasteiger partial charge in [0, 0.05) is 18.8 Å². The molecule has 0 saturated carbocycles. The standard InChI is InChI=1S/C13H15N3O/c1-11(13-8-14-16(2)9-13)15-17-10-12-6-4-3-5-7-12/h3-9H,10H2,1-2H3/b15-11-. The van der Waals surface area contributed by atoms with Crippen molar-refractivity contribution in [2.24, 2.45) is 12.2 Å². The number of hydrogen-bond acceptors (Lipinski definition) is 3. The first kappa shape index (κ1) is 11.4. The van der Waals surface area contributed by atoms with E-state index >= 15 is 0 Å². The van der Waals surface area contributed by atoms with E-state index in [2.05, 4.69) is 10.3 Å². The van der Waals surface area contributed by atoms with E-state index in [-0.39, 0.29) is 0 Å². The molecule has 88 valence electrons. The minimum atomic E-state index is 0.485. The van der Waals surface area contributed by atoms with Gasteiger partial charge in [-0.1, -0.05) is 35.5 Å². The summed E-state index contributed by atoms with van der Waals surface area (Å²) in [6.07, 6.45) is 3.68. The molecule has 1 aromatic carbocycles. The highest BCUT2D eigenvalue weighted by Crippen LogP contribution is 2.03. The maximum absolute atomic E-state index is 5.30. The maximum atomic E-state index is 5.30. The third-order valence-electron chi connectivity index (χ3n) is 2.40. The van der Waals surface area contributed by atoms with Crippen LogP contribution in [0, 0.1) is 0 Å². The average molecular weight is 229 g/mol. The van der Waals surface area contributed by atoms with E-state index in [4.69, 9.17) is 4.84 Å². The average Bonchev–Trinajstić information content (AvgIpc) is 2.77. The molecule has 2 aromatic rings. The molecule has 0 N–H and O–H groups in total. The van der Waals surface area contributed by atoms with Crippen molar-refractivity contribution in [3.63, 3.8) is 0 Å². The fourth-order valence-corrected chi connectivity index (χ4v) is 1.44. The SMILES string of the molecule is C/C(=N/OCc1ccccc1)c1cnn(C)c1. The molecular formula is C13H15N3O. The van der Waals surface area contributed by atoms with Gasteiger partial charge in [-0.3, -0.25) is 4.68 Å². The van der Waals surface area contributed by atoms with E-state index in [9.17, 15) is 0 Å². The van der Waals surface area contributed by atoms with Gasteiger partial charge in [0.2, 0.25) is 0 Å². The summed E-state index contributed by atoms with van der Waals surface area (Å²) in [7, 11) is 1.88. The molecule has 1 heterocycles. The predicted molar refractivity (Wildman–Crippen MR) is 66.7 cm³/mol. The summed E-state index contributed by atoms with van der Waals surface area (Å²) in [5, 5.41) is 8.15. The Kier molecular flexibility index (Phi) is 3.55. The molecule has 4 heteroatoms. The number of aromatic nitrogens is 2. The third-order valence-corrected chi connectivity index (χ3v) is 2.40. The van der Waals surface area contributed by atoms with Crippen molar-refractivity contribution >= 4 is 5.71 Å². The van der Waals surface area contributed by atoms with Gasteiger partial charge in [0.25, 0.3) is 0 Å². The second-order valence-corrected chi connectivity index (χ2v) is 3.84. The van der Waals surface area contributed by atoms with Crippen LogP contribution in [0.4, 0.5) is 0 Å². The minimum Gasteiger partial charge on any atom is -0.391 e. The molecule has 4 nitrogen and oxygen atoms in total. The van der Waals surface area contributed by atoms with Gasteiger partial charge in [-0.05, 0) is 12.5 Å². The summed E-state index contributed by atoms with van der Waals surface area (Å²) in [4.78, 5) is 5.30. The maximum Gasteiger partial charge on any atom is 0.142 e. The second kappa shape index (κ2) is 5.30. The number of benzene rings is 1. The zero-order valence-electron chi connectivity index (χ0n) is 10.00. The van der Waals surface area contributed by atoms with E-state index in [0.29, 0.717) is 6.61 Å². The van der Waals surface area contributed by atoms with E-state index in [1.54, 1.807) is 10.9 Å². The predicted octanol–water partition coefficient (Wildman–Crippen LogP) is 2.36. The van der Waals surface area contributed by atoms with Crippen LogP contribution in [0.15, 0.2) is 47.9 Å². The number of nitrogens with zero attached hydrogens (tertiary/aromatic N) is 3. The Morgan fingerprint density at radius 1 is 1.35 bits per heavy atom. The fourth-order valence-electron chi connectivity index (χ4n) is 1.44. The van der Waals surface area contributed by atoms with Crippen LogP contribution in [0.1, 0.15) is 18.1 Å². The molecule has 0 fully saturated rings. The molecule has 0 amide bonds. The number of rotatable bonds is 4. The van der Waals surface area contributed by atoms with Crippen LogP contribution >= 0.6 is 0 Å². The highest BCUT2D eigenvalue weighted by atomic mass is 16.6. The van der Waals surface area contributed by atoms with E-state index in [1.165, 1.54) is 0 Å². The highest BCUT2D eigenvalue weighted by molar-refractivity contribution is 5.97. The summed E-state index contributed by atoms with van der Waals surface area (Å²) in [6, 6.07) is 9.96. The van der Waals surface area contributed by atoms with E-state index in [0.717, 1.165) is 16.8 Å². The molecule has 0 aliphatic carbocycles. The first-order chi connectivity index (χ1) is 8.25. The zero-order valence-corrected chi connectivity index (χ0v) is 10.00. The quantitative estimate of drug-likeness (QED) is 0.596. The Hall–Kier alpha value is -2.10. The van der Waals surface area contributed by atoms with Crippen molar-refractivity contribution < 1.29 is 4.84 Å². The lowest BCUT2D eigenvalue weighted by molar-refractivity contribution is 0.130. The summed E-state index contributed by atoms with van der Waals surface area (Å²) < 4.78 is 1.74. The Labute approximate surface area is 101 Å². The Morgan fingerprint density at radius 3 is 2.76 bits per heavy atom. The largest absolute Gasteiger partial charge is 0.391 e. The van der Waals surface area contributed by atoms with Crippen LogP contribution in [-0.4, -0.2) is 15.5 Å². The van der Waals surface area contributed by atoms with Crippen molar-refractivity contribution in [1.82, 2.24) is 9.78 Å². The molecule has 0 atom stereocenters. The Bertz CT molecular complexity index is 502. The van der Waals surface area contributed by atoms with Gasteiger partial charge in [-0.2, -0.15) is 5.10 Å². The van der Waals surface area contributed by atoms with Gasteiger partial charge in [-0.15, -0.1) is 0 Å². The molecule has 0 saturated heterocycles. The van der Waals surface area contributed by atoms with Crippen LogP contribution in [0.5, 0.6) is 0 Å². The van der Waals surface area contributed by atoms with Crippen LogP contribution < -0.4 is 0 Å². The van der Waals surface area contributed by atoms with Crippen molar-refractivity contribution in [3.8, 4) is 0 Å². The van der Waals surface area contributed by atoms with Gasteiger partial charge >= 0.3 is 0 Å². The summed E-state index contributed by atoms with van der Waals surface area (Å²) in [5.41, 5.74) is 2.91. The second-order valence-electron chi connectivity index (χ2n) is 3.84. The van der Waals surface area contributed by atoms with Crippen molar-refractivity contribution in [2.75, 3.05) is 0 Å². The van der Waals surface area contributed by atoms with Gasteiger partial charge in [-0.25, -0.2) is 0 Å². The number of aryl methyl sites for hydroxylation is 1. The molecule has 0 aliphatic heterocycles. The first-order valence-corrected chi connectivity index (χ1v) is 5.45. The first-order valence-electron chi connectivity index (χ1n) is 5.45. The van der Waals surface area contributed by atoms with E-state index in [1.807, 2.05) is 50.5 Å². The number of oxime groups is 1. The lowest BCUT2D eigenvalue weighted by Gasteiger charge is -2.00. The van der Waals surface area contributed by atoms with Crippen LogP contribution in [-0.2, 0) is 18.5 Å². The molecule has 0 bridgehead atoms. The fraction of sp³-hybridized carbons (Fsp3) is 0.231. The number of hydrogen-bond donors (Lipinski definition) is 0. The normalized spacial score (nSPS) is 11.5. The third kappa shape index (κ3) is 3.17. The van der Waals surface area contributed by atoms with E-state index < -0.39 is 0 Å². The van der Waals surface area contributed by atoms with Crippen molar-refractivity contribution in [3.05, 3.63) is 53.9 Å². The Morgan fingerprint density at radius 2 is 2.12 bits per heavy atom. The topological polar surface area (TPSA) is 39.4 Å². The molecule has 0 unspecified atom stereocenters. The van der Waals surface area contributed by atoms with Crippen LogP contribution in [0.2, 0.25) is 0 Å². The molecular weight excluding hydrogens is 214 g/mol.